The van der Waals surface area contributed by atoms with E-state index in [0.717, 1.165) is 11.5 Å². The second kappa shape index (κ2) is 8.97. The Hall–Kier alpha value is -1.48. The van der Waals surface area contributed by atoms with Gasteiger partial charge in [0.1, 0.15) is 17.8 Å². The first-order chi connectivity index (χ1) is 10.8. The molecule has 0 aliphatic carbocycles. The van der Waals surface area contributed by atoms with E-state index < -0.39 is 8.32 Å². The highest BCUT2D eigenvalue weighted by Crippen LogP contribution is 2.43. The third kappa shape index (κ3) is 5.00. The lowest BCUT2D eigenvalue weighted by molar-refractivity contribution is 0.358. The van der Waals surface area contributed by atoms with Gasteiger partial charge >= 0.3 is 0 Å². The number of rotatable bonds is 8. The zero-order valence-electron chi connectivity index (χ0n) is 15.7. The number of ether oxygens (including phenoxy) is 1. The van der Waals surface area contributed by atoms with Crippen LogP contribution in [0.15, 0.2) is 54.5 Å². The van der Waals surface area contributed by atoms with Gasteiger partial charge < -0.3 is 9.16 Å². The zero-order valence-corrected chi connectivity index (χ0v) is 16.7. The Morgan fingerprint density at radius 2 is 1.43 bits per heavy atom. The molecular formula is C20H32O2Si. The largest absolute Gasteiger partial charge is 0.541 e. The molecular weight excluding hydrogens is 300 g/mol. The molecule has 0 aromatic heterocycles. The van der Waals surface area contributed by atoms with Crippen molar-refractivity contribution < 1.29 is 9.16 Å². The van der Waals surface area contributed by atoms with E-state index in [1.54, 1.807) is 6.26 Å². The first-order valence-corrected chi connectivity index (χ1v) is 10.7. The average molecular weight is 333 g/mol. The summed E-state index contributed by atoms with van der Waals surface area (Å²) < 4.78 is 12.5. The molecule has 0 N–H and O–H groups in total. The van der Waals surface area contributed by atoms with Crippen molar-refractivity contribution in [3.8, 4) is 5.75 Å². The van der Waals surface area contributed by atoms with Gasteiger partial charge in [-0.25, -0.2) is 0 Å². The molecule has 1 rings (SSSR count). The smallest absolute Gasteiger partial charge is 0.258 e. The average Bonchev–Trinajstić information content (AvgIpc) is 2.49. The summed E-state index contributed by atoms with van der Waals surface area (Å²) in [5.41, 5.74) is 1.61. The van der Waals surface area contributed by atoms with Crippen molar-refractivity contribution in [2.75, 3.05) is 0 Å². The van der Waals surface area contributed by atoms with E-state index in [1.165, 1.54) is 0 Å². The van der Waals surface area contributed by atoms with Gasteiger partial charge in [-0.2, -0.15) is 0 Å². The molecule has 128 valence electrons. The molecule has 23 heavy (non-hydrogen) atoms. The molecule has 0 amide bonds. The summed E-state index contributed by atoms with van der Waals surface area (Å²) in [5.74, 6) is 1.64. The lowest BCUT2D eigenvalue weighted by atomic mass is 10.3. The minimum atomic E-state index is -1.97. The van der Waals surface area contributed by atoms with Gasteiger partial charge in [0.15, 0.2) is 0 Å². The summed E-state index contributed by atoms with van der Waals surface area (Å²) in [4.78, 5) is 0. The van der Waals surface area contributed by atoms with Gasteiger partial charge in [0.2, 0.25) is 0 Å². The Bertz CT molecular complexity index is 494. The molecule has 0 radical (unpaired) electrons. The van der Waals surface area contributed by atoms with Crippen LogP contribution in [0.2, 0.25) is 16.6 Å². The van der Waals surface area contributed by atoms with Crippen LogP contribution in [0.25, 0.3) is 0 Å². The molecule has 0 saturated heterocycles. The molecule has 0 heterocycles. The van der Waals surface area contributed by atoms with Crippen LogP contribution in [0, 0.1) is 0 Å². The normalized spacial score (nSPS) is 13.4. The minimum Gasteiger partial charge on any atom is -0.541 e. The van der Waals surface area contributed by atoms with Crippen LogP contribution in [0.4, 0.5) is 0 Å². The highest BCUT2D eigenvalue weighted by molar-refractivity contribution is 6.77. The molecule has 0 saturated carbocycles. The number of benzene rings is 1. The SMILES string of the molecule is C/C=C/C(=C/Oc1ccccc1)O[Si](C(C)C)(C(C)C)C(C)C. The van der Waals surface area contributed by atoms with Crippen molar-refractivity contribution in [3.05, 3.63) is 54.5 Å². The van der Waals surface area contributed by atoms with Crippen LogP contribution in [0.1, 0.15) is 48.5 Å². The van der Waals surface area contributed by atoms with Crippen LogP contribution in [-0.2, 0) is 4.43 Å². The predicted octanol–water partition coefficient (Wildman–Crippen LogP) is 6.68. The maximum atomic E-state index is 6.67. The van der Waals surface area contributed by atoms with E-state index in [2.05, 4.69) is 41.5 Å². The number of para-hydroxylation sites is 1. The van der Waals surface area contributed by atoms with Gasteiger partial charge in [0.05, 0.1) is 0 Å². The fraction of sp³-hybridized carbons (Fsp3) is 0.500. The molecule has 1 aromatic carbocycles. The van der Waals surface area contributed by atoms with Gasteiger partial charge in [-0.3, -0.25) is 0 Å². The van der Waals surface area contributed by atoms with Crippen molar-refractivity contribution in [1.82, 2.24) is 0 Å². The van der Waals surface area contributed by atoms with Crippen molar-refractivity contribution >= 4 is 8.32 Å². The van der Waals surface area contributed by atoms with E-state index in [-0.39, 0.29) is 0 Å². The second-order valence-corrected chi connectivity index (χ2v) is 12.2. The maximum Gasteiger partial charge on any atom is 0.258 e. The first-order valence-electron chi connectivity index (χ1n) is 8.58. The van der Waals surface area contributed by atoms with E-state index in [4.69, 9.17) is 9.16 Å². The van der Waals surface area contributed by atoms with Crippen LogP contribution in [0.5, 0.6) is 5.75 Å². The third-order valence-corrected chi connectivity index (χ3v) is 10.4. The van der Waals surface area contributed by atoms with E-state index in [1.807, 2.05) is 49.4 Å². The first kappa shape index (κ1) is 19.6. The van der Waals surface area contributed by atoms with E-state index >= 15 is 0 Å². The molecule has 2 nitrogen and oxygen atoms in total. The molecule has 0 fully saturated rings. The Labute approximate surface area is 143 Å². The third-order valence-electron chi connectivity index (χ3n) is 4.39. The van der Waals surface area contributed by atoms with Crippen molar-refractivity contribution in [3.63, 3.8) is 0 Å². The molecule has 0 spiro atoms. The van der Waals surface area contributed by atoms with Crippen LogP contribution >= 0.6 is 0 Å². The summed E-state index contributed by atoms with van der Waals surface area (Å²) in [6, 6.07) is 9.81. The molecule has 0 aliphatic heterocycles. The lowest BCUT2D eigenvalue weighted by Gasteiger charge is -2.42. The number of hydrogen-bond donors (Lipinski definition) is 0. The predicted molar refractivity (Wildman–Crippen MR) is 102 cm³/mol. The maximum absolute atomic E-state index is 6.67. The van der Waals surface area contributed by atoms with Gasteiger partial charge in [-0.15, -0.1) is 0 Å². The highest BCUT2D eigenvalue weighted by Gasteiger charge is 2.47. The summed E-state index contributed by atoms with van der Waals surface area (Å²) in [6.07, 6.45) is 5.74. The Morgan fingerprint density at radius 3 is 1.87 bits per heavy atom. The Balaban J connectivity index is 3.08. The fourth-order valence-corrected chi connectivity index (χ4v) is 8.68. The van der Waals surface area contributed by atoms with Gasteiger partial charge in [0, 0.05) is 0 Å². The molecule has 3 heteroatoms. The summed E-state index contributed by atoms with van der Waals surface area (Å²) in [6.45, 7) is 15.7. The van der Waals surface area contributed by atoms with Crippen LogP contribution in [0.3, 0.4) is 0 Å². The van der Waals surface area contributed by atoms with Gasteiger partial charge in [-0.1, -0.05) is 65.8 Å². The highest BCUT2D eigenvalue weighted by atomic mass is 28.4. The second-order valence-electron chi connectivity index (χ2n) is 6.87. The summed E-state index contributed by atoms with van der Waals surface area (Å²) in [5, 5.41) is 0. The van der Waals surface area contributed by atoms with E-state index in [0.29, 0.717) is 16.6 Å². The van der Waals surface area contributed by atoms with E-state index in [9.17, 15) is 0 Å². The molecule has 0 atom stereocenters. The van der Waals surface area contributed by atoms with Gasteiger partial charge in [0.25, 0.3) is 8.32 Å². The minimum absolute atomic E-state index is 0.535. The number of allylic oxidation sites excluding steroid dienone is 2. The topological polar surface area (TPSA) is 18.5 Å². The fourth-order valence-electron chi connectivity index (χ4n) is 3.44. The van der Waals surface area contributed by atoms with Crippen molar-refractivity contribution in [1.29, 1.82) is 0 Å². The van der Waals surface area contributed by atoms with Crippen molar-refractivity contribution in [2.45, 2.75) is 65.1 Å². The standard InChI is InChI=1S/C20H32O2Si/c1-8-12-20(15-21-19-13-10-9-11-14-19)22-23(16(2)3,17(4)5)18(6)7/h8-18H,1-7H3/b12-8+,20-15-. The molecule has 0 aliphatic rings. The lowest BCUT2D eigenvalue weighted by Crippen LogP contribution is -2.47. The molecule has 0 bridgehead atoms. The number of hydrogen-bond acceptors (Lipinski definition) is 2. The quantitative estimate of drug-likeness (QED) is 0.300. The summed E-state index contributed by atoms with van der Waals surface area (Å²) in [7, 11) is -1.97. The zero-order chi connectivity index (χ0) is 17.5. The van der Waals surface area contributed by atoms with Crippen molar-refractivity contribution in [2.24, 2.45) is 0 Å². The Kier molecular flexibility index (Phi) is 7.63. The monoisotopic (exact) mass is 332 g/mol. The molecule has 1 aromatic rings. The summed E-state index contributed by atoms with van der Waals surface area (Å²) >= 11 is 0. The Morgan fingerprint density at radius 1 is 0.913 bits per heavy atom. The molecule has 0 unspecified atom stereocenters. The van der Waals surface area contributed by atoms with Gasteiger partial charge in [-0.05, 0) is 41.8 Å². The van der Waals surface area contributed by atoms with Crippen LogP contribution < -0.4 is 4.74 Å². The van der Waals surface area contributed by atoms with Crippen LogP contribution in [-0.4, -0.2) is 8.32 Å².